The molecule has 0 aliphatic heterocycles. The van der Waals surface area contributed by atoms with Crippen LogP contribution in [-0.2, 0) is 14.6 Å². The highest BCUT2D eigenvalue weighted by Gasteiger charge is 2.27. The molecule has 1 saturated carbocycles. The summed E-state index contributed by atoms with van der Waals surface area (Å²) < 4.78 is 28.2. The SMILES string of the molecule is COC1CCC(Nc2ccc(S(C)(=O)=O)cc2[N+](=O)[O-])C1. The van der Waals surface area contributed by atoms with Gasteiger partial charge in [-0.3, -0.25) is 10.1 Å². The molecule has 1 aliphatic carbocycles. The number of benzene rings is 1. The van der Waals surface area contributed by atoms with E-state index in [1.165, 1.54) is 12.1 Å². The van der Waals surface area contributed by atoms with Gasteiger partial charge in [0.2, 0.25) is 0 Å². The zero-order chi connectivity index (χ0) is 15.6. The van der Waals surface area contributed by atoms with Crippen LogP contribution < -0.4 is 5.32 Å². The average Bonchev–Trinajstić information content (AvgIpc) is 2.85. The minimum absolute atomic E-state index is 0.0547. The molecule has 1 aliphatic rings. The Morgan fingerprint density at radius 3 is 2.62 bits per heavy atom. The van der Waals surface area contributed by atoms with E-state index in [2.05, 4.69) is 5.32 Å². The molecule has 0 aromatic heterocycles. The number of nitrogens with zero attached hydrogens (tertiary/aromatic N) is 1. The van der Waals surface area contributed by atoms with Crippen LogP contribution in [0, 0.1) is 10.1 Å². The van der Waals surface area contributed by atoms with E-state index >= 15 is 0 Å². The molecule has 1 aromatic rings. The van der Waals surface area contributed by atoms with E-state index in [0.717, 1.165) is 31.6 Å². The summed E-state index contributed by atoms with van der Waals surface area (Å²) in [6.07, 6.45) is 3.74. The van der Waals surface area contributed by atoms with Crippen LogP contribution in [0.2, 0.25) is 0 Å². The van der Waals surface area contributed by atoms with Crippen molar-refractivity contribution in [2.75, 3.05) is 18.7 Å². The first-order valence-corrected chi connectivity index (χ1v) is 8.48. The summed E-state index contributed by atoms with van der Waals surface area (Å²) in [5, 5.41) is 14.3. The molecule has 1 aromatic carbocycles. The molecule has 2 unspecified atom stereocenters. The predicted molar refractivity (Wildman–Crippen MR) is 78.3 cm³/mol. The molecule has 0 spiro atoms. The van der Waals surface area contributed by atoms with Crippen molar-refractivity contribution in [2.45, 2.75) is 36.3 Å². The first-order valence-electron chi connectivity index (χ1n) is 6.59. The summed E-state index contributed by atoms with van der Waals surface area (Å²) in [5.74, 6) is 0. The van der Waals surface area contributed by atoms with Gasteiger partial charge in [0, 0.05) is 25.5 Å². The monoisotopic (exact) mass is 314 g/mol. The maximum absolute atomic E-state index is 11.5. The van der Waals surface area contributed by atoms with Gasteiger partial charge in [-0.05, 0) is 31.4 Å². The van der Waals surface area contributed by atoms with Crippen molar-refractivity contribution < 1.29 is 18.1 Å². The lowest BCUT2D eigenvalue weighted by Gasteiger charge is -2.14. The molecule has 0 radical (unpaired) electrons. The van der Waals surface area contributed by atoms with E-state index in [4.69, 9.17) is 4.74 Å². The first-order chi connectivity index (χ1) is 9.81. The summed E-state index contributed by atoms with van der Waals surface area (Å²) >= 11 is 0. The summed E-state index contributed by atoms with van der Waals surface area (Å²) in [5.41, 5.74) is 0.118. The van der Waals surface area contributed by atoms with Crippen molar-refractivity contribution in [1.82, 2.24) is 0 Å². The lowest BCUT2D eigenvalue weighted by molar-refractivity contribution is -0.384. The molecule has 0 amide bonds. The Labute approximate surface area is 123 Å². The van der Waals surface area contributed by atoms with Gasteiger partial charge in [-0.1, -0.05) is 0 Å². The molecule has 2 rings (SSSR count). The highest BCUT2D eigenvalue weighted by molar-refractivity contribution is 7.90. The Bertz CT molecular complexity index is 644. The molecule has 21 heavy (non-hydrogen) atoms. The van der Waals surface area contributed by atoms with E-state index < -0.39 is 14.8 Å². The number of methoxy groups -OCH3 is 1. The van der Waals surface area contributed by atoms with Gasteiger partial charge in [-0.2, -0.15) is 0 Å². The second-order valence-electron chi connectivity index (χ2n) is 5.22. The lowest BCUT2D eigenvalue weighted by Crippen LogP contribution is -2.18. The largest absolute Gasteiger partial charge is 0.381 e. The molecular formula is C13H18N2O5S. The number of nitrogens with one attached hydrogen (secondary N) is 1. The average molecular weight is 314 g/mol. The molecule has 0 heterocycles. The number of sulfone groups is 1. The van der Waals surface area contributed by atoms with Gasteiger partial charge < -0.3 is 10.1 Å². The Morgan fingerprint density at radius 1 is 1.38 bits per heavy atom. The van der Waals surface area contributed by atoms with Crippen LogP contribution in [-0.4, -0.2) is 38.9 Å². The molecule has 0 bridgehead atoms. The number of nitro groups is 1. The van der Waals surface area contributed by atoms with Crippen molar-refractivity contribution in [3.63, 3.8) is 0 Å². The topological polar surface area (TPSA) is 98.5 Å². The van der Waals surface area contributed by atoms with Crippen molar-refractivity contribution in [1.29, 1.82) is 0 Å². The van der Waals surface area contributed by atoms with Crippen molar-refractivity contribution in [3.05, 3.63) is 28.3 Å². The normalized spacial score (nSPS) is 22.2. The molecule has 7 nitrogen and oxygen atoms in total. The Kier molecular flexibility index (Phi) is 4.48. The fourth-order valence-electron chi connectivity index (χ4n) is 2.52. The van der Waals surface area contributed by atoms with Crippen LogP contribution in [0.3, 0.4) is 0 Å². The van der Waals surface area contributed by atoms with Gasteiger partial charge >= 0.3 is 0 Å². The second kappa shape index (κ2) is 5.98. The number of rotatable bonds is 5. The smallest absolute Gasteiger partial charge is 0.293 e. The zero-order valence-corrected chi connectivity index (χ0v) is 12.7. The number of ether oxygens (including phenoxy) is 1. The number of nitro benzene ring substituents is 1. The maximum Gasteiger partial charge on any atom is 0.293 e. The molecule has 0 saturated heterocycles. The van der Waals surface area contributed by atoms with E-state index in [-0.39, 0.29) is 22.7 Å². The minimum Gasteiger partial charge on any atom is -0.381 e. The standard InChI is InChI=1S/C13H18N2O5S/c1-20-10-4-3-9(7-10)14-12-6-5-11(21(2,18)19)8-13(12)15(16)17/h5-6,8-10,14H,3-4,7H2,1-2H3. The molecule has 2 atom stereocenters. The summed E-state index contributed by atoms with van der Waals surface area (Å²) in [7, 11) is -1.82. The second-order valence-corrected chi connectivity index (χ2v) is 7.24. The zero-order valence-electron chi connectivity index (χ0n) is 11.9. The van der Waals surface area contributed by atoms with Crippen molar-refractivity contribution in [2.24, 2.45) is 0 Å². The van der Waals surface area contributed by atoms with Gasteiger partial charge in [0.1, 0.15) is 5.69 Å². The molecular weight excluding hydrogens is 296 g/mol. The maximum atomic E-state index is 11.5. The van der Waals surface area contributed by atoms with E-state index in [1.807, 2.05) is 0 Å². The number of hydrogen-bond acceptors (Lipinski definition) is 6. The van der Waals surface area contributed by atoms with E-state index in [0.29, 0.717) is 5.69 Å². The van der Waals surface area contributed by atoms with Gasteiger partial charge in [0.15, 0.2) is 9.84 Å². The fourth-order valence-corrected chi connectivity index (χ4v) is 3.16. The molecule has 116 valence electrons. The van der Waals surface area contributed by atoms with Crippen LogP contribution in [0.25, 0.3) is 0 Å². The predicted octanol–water partition coefficient (Wildman–Crippen LogP) is 1.98. The highest BCUT2D eigenvalue weighted by atomic mass is 32.2. The third kappa shape index (κ3) is 3.70. The van der Waals surface area contributed by atoms with E-state index in [1.54, 1.807) is 7.11 Å². The van der Waals surface area contributed by atoms with Crippen LogP contribution in [0.1, 0.15) is 19.3 Å². The third-order valence-corrected chi connectivity index (χ3v) is 4.78. The number of anilines is 1. The van der Waals surface area contributed by atoms with Gasteiger partial charge in [-0.15, -0.1) is 0 Å². The van der Waals surface area contributed by atoms with Crippen LogP contribution in [0.15, 0.2) is 23.1 Å². The van der Waals surface area contributed by atoms with Crippen molar-refractivity contribution in [3.8, 4) is 0 Å². The molecule has 1 N–H and O–H groups in total. The Hall–Kier alpha value is -1.67. The van der Waals surface area contributed by atoms with E-state index in [9.17, 15) is 18.5 Å². The number of hydrogen-bond donors (Lipinski definition) is 1. The van der Waals surface area contributed by atoms with Crippen LogP contribution >= 0.6 is 0 Å². The minimum atomic E-state index is -3.47. The first kappa shape index (κ1) is 15.7. The van der Waals surface area contributed by atoms with Gasteiger partial charge in [0.05, 0.1) is 15.9 Å². The van der Waals surface area contributed by atoms with Crippen molar-refractivity contribution >= 4 is 21.2 Å². The van der Waals surface area contributed by atoms with Gasteiger partial charge in [0.25, 0.3) is 5.69 Å². The van der Waals surface area contributed by atoms with Crippen LogP contribution in [0.5, 0.6) is 0 Å². The molecule has 8 heteroatoms. The molecule has 1 fully saturated rings. The summed E-state index contributed by atoms with van der Waals surface area (Å²) in [4.78, 5) is 10.5. The Balaban J connectivity index is 2.25. The fraction of sp³-hybridized carbons (Fsp3) is 0.538. The summed E-state index contributed by atoms with van der Waals surface area (Å²) in [6.45, 7) is 0. The lowest BCUT2D eigenvalue weighted by atomic mass is 10.2. The van der Waals surface area contributed by atoms with Crippen LogP contribution in [0.4, 0.5) is 11.4 Å². The third-order valence-electron chi connectivity index (χ3n) is 3.67. The summed E-state index contributed by atoms with van der Waals surface area (Å²) in [6, 6.07) is 4.03. The van der Waals surface area contributed by atoms with Gasteiger partial charge in [-0.25, -0.2) is 8.42 Å². The highest BCUT2D eigenvalue weighted by Crippen LogP contribution is 2.31. The Morgan fingerprint density at radius 2 is 2.10 bits per heavy atom. The quantitative estimate of drug-likeness (QED) is 0.659.